The molecule has 6 heteroatoms. The van der Waals surface area contributed by atoms with Gasteiger partial charge in [0.05, 0.1) is 18.5 Å². The van der Waals surface area contributed by atoms with Gasteiger partial charge in [-0.2, -0.15) is 0 Å². The molecule has 1 amide bonds. The molecule has 2 heterocycles. The van der Waals surface area contributed by atoms with Crippen LogP contribution in [-0.2, 0) is 0 Å². The molecule has 4 aromatic rings. The van der Waals surface area contributed by atoms with E-state index in [1.807, 2.05) is 72.2 Å². The van der Waals surface area contributed by atoms with Crippen LogP contribution in [0.4, 0.5) is 5.69 Å². The number of imidazole rings is 1. The summed E-state index contributed by atoms with van der Waals surface area (Å²) < 4.78 is 8.44. The van der Waals surface area contributed by atoms with Crippen molar-refractivity contribution in [2.75, 3.05) is 12.4 Å². The predicted octanol–water partition coefficient (Wildman–Crippen LogP) is 5.18. The average molecular weight is 483 g/mol. The Bertz CT molecular complexity index is 1180. The van der Waals surface area contributed by atoms with Crippen LogP contribution in [0.2, 0.25) is 0 Å². The highest BCUT2D eigenvalue weighted by Gasteiger charge is 2.13. The third kappa shape index (κ3) is 3.60. The Morgan fingerprint density at radius 3 is 2.75 bits per heavy atom. The van der Waals surface area contributed by atoms with E-state index in [1.165, 1.54) is 0 Å². The lowest BCUT2D eigenvalue weighted by Crippen LogP contribution is -2.12. The smallest absolute Gasteiger partial charge is 0.255 e. The van der Waals surface area contributed by atoms with Gasteiger partial charge in [0.2, 0.25) is 0 Å². The molecule has 0 radical (unpaired) electrons. The number of hydrogen-bond acceptors (Lipinski definition) is 3. The monoisotopic (exact) mass is 483 g/mol. The van der Waals surface area contributed by atoms with E-state index in [0.717, 1.165) is 26.0 Å². The highest BCUT2D eigenvalue weighted by Crippen LogP contribution is 2.31. The molecule has 28 heavy (non-hydrogen) atoms. The summed E-state index contributed by atoms with van der Waals surface area (Å²) in [5.74, 6) is 0.419. The van der Waals surface area contributed by atoms with Gasteiger partial charge in [0, 0.05) is 27.1 Å². The van der Waals surface area contributed by atoms with E-state index >= 15 is 0 Å². The number of amides is 1. The maximum absolute atomic E-state index is 12.7. The first-order chi connectivity index (χ1) is 13.5. The standard InChI is InChI=1S/C22H18IN3O2/c1-14-5-4-10-26-13-19(24-21(14)26)15-8-9-20(28-2)18(12-15)25-22(27)16-6-3-7-17(23)11-16/h3-13H,1-2H3,(H,25,27). The zero-order valence-corrected chi connectivity index (χ0v) is 17.6. The summed E-state index contributed by atoms with van der Waals surface area (Å²) in [6, 6.07) is 17.2. The molecular weight excluding hydrogens is 465 g/mol. The number of pyridine rings is 1. The minimum Gasteiger partial charge on any atom is -0.495 e. The second-order valence-electron chi connectivity index (χ2n) is 6.43. The molecule has 2 aromatic heterocycles. The minimum atomic E-state index is -0.181. The number of carbonyl (C=O) groups excluding carboxylic acids is 1. The lowest BCUT2D eigenvalue weighted by molar-refractivity contribution is 0.102. The molecule has 0 aliphatic carbocycles. The van der Waals surface area contributed by atoms with E-state index < -0.39 is 0 Å². The largest absolute Gasteiger partial charge is 0.495 e. The van der Waals surface area contributed by atoms with Crippen molar-refractivity contribution in [1.82, 2.24) is 9.38 Å². The number of aryl methyl sites for hydroxylation is 1. The van der Waals surface area contributed by atoms with Gasteiger partial charge in [-0.05, 0) is 77.5 Å². The summed E-state index contributed by atoms with van der Waals surface area (Å²) in [6.45, 7) is 2.03. The highest BCUT2D eigenvalue weighted by molar-refractivity contribution is 14.1. The van der Waals surface area contributed by atoms with Crippen molar-refractivity contribution in [3.63, 3.8) is 0 Å². The van der Waals surface area contributed by atoms with Crippen LogP contribution < -0.4 is 10.1 Å². The van der Waals surface area contributed by atoms with Gasteiger partial charge in [-0.15, -0.1) is 0 Å². The van der Waals surface area contributed by atoms with Crippen LogP contribution >= 0.6 is 22.6 Å². The fourth-order valence-corrected chi connectivity index (χ4v) is 3.63. The number of benzene rings is 2. The summed E-state index contributed by atoms with van der Waals surface area (Å²) in [7, 11) is 1.59. The summed E-state index contributed by atoms with van der Waals surface area (Å²) in [5.41, 5.74) is 4.97. The van der Waals surface area contributed by atoms with Crippen molar-refractivity contribution in [2.45, 2.75) is 6.92 Å². The number of aromatic nitrogens is 2. The van der Waals surface area contributed by atoms with Crippen molar-refractivity contribution < 1.29 is 9.53 Å². The number of halogens is 1. The Morgan fingerprint density at radius 1 is 1.14 bits per heavy atom. The lowest BCUT2D eigenvalue weighted by Gasteiger charge is -2.12. The molecule has 0 saturated heterocycles. The summed E-state index contributed by atoms with van der Waals surface area (Å²) in [5, 5.41) is 2.96. The topological polar surface area (TPSA) is 55.6 Å². The zero-order valence-electron chi connectivity index (χ0n) is 15.4. The van der Waals surface area contributed by atoms with Crippen molar-refractivity contribution in [3.8, 4) is 17.0 Å². The molecule has 5 nitrogen and oxygen atoms in total. The first kappa shape index (κ1) is 18.5. The fourth-order valence-electron chi connectivity index (χ4n) is 3.08. The molecular formula is C22H18IN3O2. The molecule has 0 fully saturated rings. The van der Waals surface area contributed by atoms with E-state index in [9.17, 15) is 4.79 Å². The van der Waals surface area contributed by atoms with Gasteiger partial charge in [0.1, 0.15) is 11.4 Å². The van der Waals surface area contributed by atoms with Gasteiger partial charge in [-0.3, -0.25) is 4.79 Å². The Hall–Kier alpha value is -2.87. The van der Waals surface area contributed by atoms with Crippen molar-refractivity contribution in [3.05, 3.63) is 81.7 Å². The molecule has 0 unspecified atom stereocenters. The summed E-state index contributed by atoms with van der Waals surface area (Å²) >= 11 is 2.19. The number of nitrogens with one attached hydrogen (secondary N) is 1. The number of ether oxygens (including phenoxy) is 1. The number of rotatable bonds is 4. The van der Waals surface area contributed by atoms with Crippen molar-refractivity contribution in [1.29, 1.82) is 0 Å². The third-order valence-electron chi connectivity index (χ3n) is 4.51. The Kier molecular flexibility index (Phi) is 5.04. The van der Waals surface area contributed by atoms with Crippen molar-refractivity contribution in [2.24, 2.45) is 0 Å². The maximum atomic E-state index is 12.7. The molecule has 0 spiro atoms. The number of methoxy groups -OCH3 is 1. The Morgan fingerprint density at radius 2 is 2.00 bits per heavy atom. The Labute approximate surface area is 176 Å². The summed E-state index contributed by atoms with van der Waals surface area (Å²) in [6.07, 6.45) is 3.96. The molecule has 4 rings (SSSR count). The predicted molar refractivity (Wildman–Crippen MR) is 119 cm³/mol. The molecule has 0 atom stereocenters. The van der Waals surface area contributed by atoms with Gasteiger partial charge < -0.3 is 14.5 Å². The highest BCUT2D eigenvalue weighted by atomic mass is 127. The molecule has 0 saturated carbocycles. The second kappa shape index (κ2) is 7.63. The lowest BCUT2D eigenvalue weighted by atomic mass is 10.1. The maximum Gasteiger partial charge on any atom is 0.255 e. The summed E-state index contributed by atoms with van der Waals surface area (Å²) in [4.78, 5) is 17.4. The SMILES string of the molecule is COc1ccc(-c2cn3cccc(C)c3n2)cc1NC(=O)c1cccc(I)c1. The number of fused-ring (bicyclic) bond motifs is 1. The molecule has 1 N–H and O–H groups in total. The number of anilines is 1. The molecule has 2 aromatic carbocycles. The van der Waals surface area contributed by atoms with Gasteiger partial charge in [-0.25, -0.2) is 4.98 Å². The first-order valence-corrected chi connectivity index (χ1v) is 9.82. The van der Waals surface area contributed by atoms with E-state index in [-0.39, 0.29) is 5.91 Å². The quantitative estimate of drug-likeness (QED) is 0.408. The van der Waals surface area contributed by atoms with Crippen LogP contribution in [0.1, 0.15) is 15.9 Å². The molecule has 0 aliphatic rings. The number of hydrogen-bond donors (Lipinski definition) is 1. The van der Waals surface area contributed by atoms with Gasteiger partial charge >= 0.3 is 0 Å². The van der Waals surface area contributed by atoms with Crippen LogP contribution in [0, 0.1) is 10.5 Å². The van der Waals surface area contributed by atoms with Crippen LogP contribution in [0.25, 0.3) is 16.9 Å². The van der Waals surface area contributed by atoms with E-state index in [4.69, 9.17) is 9.72 Å². The van der Waals surface area contributed by atoms with Crippen molar-refractivity contribution >= 4 is 39.8 Å². The molecule has 0 aliphatic heterocycles. The number of nitrogens with zero attached hydrogens (tertiary/aromatic N) is 2. The second-order valence-corrected chi connectivity index (χ2v) is 7.67. The minimum absolute atomic E-state index is 0.181. The van der Waals surface area contributed by atoms with Crippen LogP contribution in [0.3, 0.4) is 0 Å². The van der Waals surface area contributed by atoms with Crippen LogP contribution in [0.15, 0.2) is 67.0 Å². The zero-order chi connectivity index (χ0) is 19.7. The van der Waals surface area contributed by atoms with Gasteiger partial charge in [0.15, 0.2) is 0 Å². The van der Waals surface area contributed by atoms with E-state index in [2.05, 4.69) is 27.9 Å². The van der Waals surface area contributed by atoms with E-state index in [0.29, 0.717) is 17.0 Å². The number of carbonyl (C=O) groups is 1. The Balaban J connectivity index is 1.71. The third-order valence-corrected chi connectivity index (χ3v) is 5.18. The van der Waals surface area contributed by atoms with Crippen LogP contribution in [-0.4, -0.2) is 22.4 Å². The average Bonchev–Trinajstić information content (AvgIpc) is 3.14. The van der Waals surface area contributed by atoms with Crippen LogP contribution in [0.5, 0.6) is 5.75 Å². The van der Waals surface area contributed by atoms with Gasteiger partial charge in [0.25, 0.3) is 5.91 Å². The fraction of sp³-hybridized carbons (Fsp3) is 0.0909. The van der Waals surface area contributed by atoms with Gasteiger partial charge in [-0.1, -0.05) is 12.1 Å². The van der Waals surface area contributed by atoms with E-state index in [1.54, 1.807) is 13.2 Å². The first-order valence-electron chi connectivity index (χ1n) is 8.75. The normalized spacial score (nSPS) is 10.8. The molecule has 0 bridgehead atoms. The molecule has 140 valence electrons.